The molecule has 0 spiro atoms. The minimum atomic E-state index is -0.231. The van der Waals surface area contributed by atoms with E-state index < -0.39 is 0 Å². The van der Waals surface area contributed by atoms with Gasteiger partial charge in [-0.1, -0.05) is 0 Å². The van der Waals surface area contributed by atoms with Crippen molar-refractivity contribution in [1.29, 1.82) is 0 Å². The molecule has 0 unspecified atom stereocenters. The Morgan fingerprint density at radius 3 is 2.75 bits per heavy atom. The van der Waals surface area contributed by atoms with E-state index in [2.05, 4.69) is 5.16 Å². The summed E-state index contributed by atoms with van der Waals surface area (Å²) >= 11 is 0. The average Bonchev–Trinajstić information content (AvgIpc) is 2.50. The maximum absolute atomic E-state index is 11.2. The summed E-state index contributed by atoms with van der Waals surface area (Å²) in [4.78, 5) is 12.6. The summed E-state index contributed by atoms with van der Waals surface area (Å²) in [6, 6.07) is 1.45. The number of carbonyl (C=O) groups excluding carboxylic acids is 1. The Morgan fingerprint density at radius 2 is 2.33 bits per heavy atom. The van der Waals surface area contributed by atoms with Crippen LogP contribution in [-0.4, -0.2) is 37.2 Å². The van der Waals surface area contributed by atoms with Gasteiger partial charge >= 0.3 is 0 Å². The normalized spacial score (nSPS) is 9.58. The molecule has 5 nitrogen and oxygen atoms in total. The summed E-state index contributed by atoms with van der Waals surface area (Å²) in [6.07, 6.45) is 0. The van der Waals surface area contributed by atoms with Crippen LogP contribution in [0.5, 0.6) is 5.88 Å². The molecule has 1 rings (SSSR count). The number of carbonyl (C=O) groups is 1. The minimum absolute atomic E-state index is 0.178. The molecule has 0 fully saturated rings. The predicted octanol–water partition coefficient (Wildman–Crippen LogP) is 0.385. The fraction of sp³-hybridized carbons (Fsp3) is 0.429. The molecular weight excluding hydrogens is 160 g/mol. The summed E-state index contributed by atoms with van der Waals surface area (Å²) < 4.78 is 9.46. The fourth-order valence-corrected chi connectivity index (χ4v) is 0.676. The largest absolute Gasteiger partial charge is 0.479 e. The van der Waals surface area contributed by atoms with Gasteiger partial charge in [-0.2, -0.15) is 0 Å². The molecule has 5 heteroatoms. The molecule has 0 radical (unpaired) electrons. The van der Waals surface area contributed by atoms with Crippen LogP contribution in [-0.2, 0) is 0 Å². The highest BCUT2D eigenvalue weighted by Crippen LogP contribution is 2.11. The first-order chi connectivity index (χ1) is 5.65. The molecular formula is C7H10N2O3. The summed E-state index contributed by atoms with van der Waals surface area (Å²) in [5, 5.41) is 3.49. The van der Waals surface area contributed by atoms with Crippen molar-refractivity contribution in [2.45, 2.75) is 0 Å². The Bertz CT molecular complexity index is 280. The first-order valence-corrected chi connectivity index (χ1v) is 3.37. The molecule has 1 aromatic heterocycles. The lowest BCUT2D eigenvalue weighted by molar-refractivity contribution is 0.0786. The zero-order valence-corrected chi connectivity index (χ0v) is 7.20. The number of rotatable bonds is 2. The van der Waals surface area contributed by atoms with Crippen LogP contribution in [0.4, 0.5) is 0 Å². The number of methoxy groups -OCH3 is 1. The quantitative estimate of drug-likeness (QED) is 0.644. The van der Waals surface area contributed by atoms with Gasteiger partial charge in [0.05, 0.1) is 13.2 Å². The number of hydrogen-bond acceptors (Lipinski definition) is 4. The summed E-state index contributed by atoms with van der Waals surface area (Å²) in [6.45, 7) is 0. The van der Waals surface area contributed by atoms with E-state index in [1.807, 2.05) is 0 Å². The second-order valence-corrected chi connectivity index (χ2v) is 2.43. The monoisotopic (exact) mass is 170 g/mol. The number of ether oxygens (including phenoxy) is 1. The third kappa shape index (κ3) is 1.55. The molecule has 1 amide bonds. The van der Waals surface area contributed by atoms with Crippen LogP contribution in [0.2, 0.25) is 0 Å². The maximum Gasteiger partial charge on any atom is 0.292 e. The molecule has 0 bridgehead atoms. The van der Waals surface area contributed by atoms with Crippen LogP contribution >= 0.6 is 0 Å². The molecule has 0 aliphatic rings. The summed E-state index contributed by atoms with van der Waals surface area (Å²) in [7, 11) is 4.73. The second kappa shape index (κ2) is 3.25. The van der Waals surface area contributed by atoms with E-state index >= 15 is 0 Å². The van der Waals surface area contributed by atoms with Gasteiger partial charge in [0.2, 0.25) is 5.76 Å². The van der Waals surface area contributed by atoms with Crippen molar-refractivity contribution in [2.24, 2.45) is 0 Å². The zero-order chi connectivity index (χ0) is 9.14. The Morgan fingerprint density at radius 1 is 1.67 bits per heavy atom. The van der Waals surface area contributed by atoms with E-state index in [0.717, 1.165) is 0 Å². The average molecular weight is 170 g/mol. The van der Waals surface area contributed by atoms with Gasteiger partial charge in [-0.05, 0) is 5.16 Å². The molecule has 0 aliphatic carbocycles. The van der Waals surface area contributed by atoms with Crippen LogP contribution in [0.3, 0.4) is 0 Å². The highest BCUT2D eigenvalue weighted by molar-refractivity contribution is 5.91. The van der Waals surface area contributed by atoms with Gasteiger partial charge in [-0.15, -0.1) is 0 Å². The molecule has 12 heavy (non-hydrogen) atoms. The van der Waals surface area contributed by atoms with Crippen molar-refractivity contribution < 1.29 is 14.1 Å². The van der Waals surface area contributed by atoms with Crippen LogP contribution in [0.15, 0.2) is 10.6 Å². The minimum Gasteiger partial charge on any atom is -0.479 e. The number of nitrogens with zero attached hydrogens (tertiary/aromatic N) is 2. The molecule has 0 aromatic carbocycles. The topological polar surface area (TPSA) is 55.6 Å². The highest BCUT2D eigenvalue weighted by atomic mass is 16.5. The lowest BCUT2D eigenvalue weighted by atomic mass is 10.4. The molecule has 0 saturated carbocycles. The van der Waals surface area contributed by atoms with E-state index in [-0.39, 0.29) is 11.7 Å². The van der Waals surface area contributed by atoms with E-state index in [4.69, 9.17) is 9.26 Å². The molecule has 0 aliphatic heterocycles. The van der Waals surface area contributed by atoms with Crippen LogP contribution in [0, 0.1) is 0 Å². The standard InChI is InChI=1S/C7H10N2O3/c1-9(2)7(10)5-4-6(11-3)8-12-5/h4H,1-3H3. The van der Waals surface area contributed by atoms with Crippen molar-refractivity contribution in [3.05, 3.63) is 11.8 Å². The van der Waals surface area contributed by atoms with Crippen molar-refractivity contribution in [3.8, 4) is 5.88 Å². The van der Waals surface area contributed by atoms with Crippen LogP contribution in [0.1, 0.15) is 10.6 Å². The smallest absolute Gasteiger partial charge is 0.292 e. The summed E-state index contributed by atoms with van der Waals surface area (Å²) in [5.41, 5.74) is 0. The van der Waals surface area contributed by atoms with Gasteiger partial charge < -0.3 is 14.2 Å². The van der Waals surface area contributed by atoms with Gasteiger partial charge in [-0.25, -0.2) is 0 Å². The van der Waals surface area contributed by atoms with Crippen molar-refractivity contribution >= 4 is 5.91 Å². The molecule has 0 saturated heterocycles. The Kier molecular flexibility index (Phi) is 2.32. The van der Waals surface area contributed by atoms with Gasteiger partial charge in [0, 0.05) is 14.1 Å². The Labute approximate surface area is 69.9 Å². The molecule has 66 valence electrons. The van der Waals surface area contributed by atoms with E-state index in [0.29, 0.717) is 5.88 Å². The third-order valence-electron chi connectivity index (χ3n) is 1.31. The fourth-order valence-electron chi connectivity index (χ4n) is 0.676. The van der Waals surface area contributed by atoms with Crippen LogP contribution < -0.4 is 4.74 Å². The van der Waals surface area contributed by atoms with Crippen molar-refractivity contribution in [1.82, 2.24) is 10.1 Å². The Balaban J connectivity index is 2.82. The highest BCUT2D eigenvalue weighted by Gasteiger charge is 2.14. The third-order valence-corrected chi connectivity index (χ3v) is 1.31. The Hall–Kier alpha value is -1.52. The maximum atomic E-state index is 11.2. The zero-order valence-electron chi connectivity index (χ0n) is 7.20. The van der Waals surface area contributed by atoms with Crippen molar-refractivity contribution in [2.75, 3.05) is 21.2 Å². The number of hydrogen-bond donors (Lipinski definition) is 0. The first-order valence-electron chi connectivity index (χ1n) is 3.37. The molecule has 0 atom stereocenters. The molecule has 1 heterocycles. The first kappa shape index (κ1) is 8.58. The van der Waals surface area contributed by atoms with E-state index in [1.165, 1.54) is 18.1 Å². The lowest BCUT2D eigenvalue weighted by Gasteiger charge is -2.05. The number of amides is 1. The van der Waals surface area contributed by atoms with Gasteiger partial charge in [0.1, 0.15) is 0 Å². The SMILES string of the molecule is COc1cc(C(=O)N(C)C)on1. The summed E-state index contributed by atoms with van der Waals surface area (Å²) in [5.74, 6) is 0.253. The van der Waals surface area contributed by atoms with E-state index in [9.17, 15) is 4.79 Å². The lowest BCUT2D eigenvalue weighted by Crippen LogP contribution is -2.20. The van der Waals surface area contributed by atoms with Gasteiger partial charge in [0.25, 0.3) is 11.8 Å². The van der Waals surface area contributed by atoms with Gasteiger partial charge in [-0.3, -0.25) is 4.79 Å². The number of aromatic nitrogens is 1. The van der Waals surface area contributed by atoms with Gasteiger partial charge in [0.15, 0.2) is 0 Å². The predicted molar refractivity (Wildman–Crippen MR) is 41.1 cm³/mol. The van der Waals surface area contributed by atoms with E-state index in [1.54, 1.807) is 14.1 Å². The molecule has 0 N–H and O–H groups in total. The van der Waals surface area contributed by atoms with Crippen molar-refractivity contribution in [3.63, 3.8) is 0 Å². The van der Waals surface area contributed by atoms with Crippen LogP contribution in [0.25, 0.3) is 0 Å². The second-order valence-electron chi connectivity index (χ2n) is 2.43. The molecule has 1 aromatic rings.